The van der Waals surface area contributed by atoms with Crippen LogP contribution in [-0.2, 0) is 6.54 Å². The molecule has 0 N–H and O–H groups in total. The maximum atomic E-state index is 5.76. The first-order valence-corrected chi connectivity index (χ1v) is 5.19. The summed E-state index contributed by atoms with van der Waals surface area (Å²) < 4.78 is 1.91. The van der Waals surface area contributed by atoms with Crippen molar-refractivity contribution in [3.8, 4) is 0 Å². The van der Waals surface area contributed by atoms with Gasteiger partial charge in [0.25, 0.3) is 0 Å². The van der Waals surface area contributed by atoms with Gasteiger partial charge in [-0.05, 0) is 18.1 Å². The van der Waals surface area contributed by atoms with Crippen LogP contribution in [0.25, 0.3) is 11.0 Å². The molecule has 2 aromatic rings. The molecule has 0 spiro atoms. The third-order valence-electron chi connectivity index (χ3n) is 2.17. The van der Waals surface area contributed by atoms with Crippen molar-refractivity contribution < 1.29 is 0 Å². The lowest BCUT2D eigenvalue weighted by Crippen LogP contribution is -2.10. The maximum Gasteiger partial charge on any atom is 0.113 e. The van der Waals surface area contributed by atoms with Gasteiger partial charge in [-0.1, -0.05) is 24.3 Å². The molecule has 14 heavy (non-hydrogen) atoms. The maximum absolute atomic E-state index is 5.76. The van der Waals surface area contributed by atoms with Gasteiger partial charge in [-0.25, -0.2) is 4.68 Å². The predicted octanol–water partition coefficient (Wildman–Crippen LogP) is 2.31. The van der Waals surface area contributed by atoms with Crippen LogP contribution in [0.5, 0.6) is 0 Å². The molecular weight excluding hydrogens is 198 g/mol. The average molecular weight is 210 g/mol. The molecule has 1 unspecified atom stereocenters. The second-order valence-corrected chi connectivity index (χ2v) is 3.83. The Hall–Kier alpha value is -1.09. The zero-order chi connectivity index (χ0) is 9.97. The van der Waals surface area contributed by atoms with E-state index in [-0.39, 0.29) is 0 Å². The molecule has 0 fully saturated rings. The lowest BCUT2D eigenvalue weighted by atomic mass is 10.2. The van der Waals surface area contributed by atoms with Crippen molar-refractivity contribution in [1.29, 1.82) is 0 Å². The fourth-order valence-electron chi connectivity index (χ4n) is 1.40. The number of para-hydroxylation sites is 1. The minimum atomic E-state index is 0.418. The van der Waals surface area contributed by atoms with E-state index in [9.17, 15) is 0 Å². The van der Waals surface area contributed by atoms with E-state index in [0.717, 1.165) is 17.6 Å². The van der Waals surface area contributed by atoms with Gasteiger partial charge in [-0.2, -0.15) is 0 Å². The van der Waals surface area contributed by atoms with Crippen LogP contribution in [0.1, 0.15) is 6.92 Å². The highest BCUT2D eigenvalue weighted by atomic mass is 35.5. The summed E-state index contributed by atoms with van der Waals surface area (Å²) >= 11 is 5.76. The molecule has 0 saturated heterocycles. The predicted molar refractivity (Wildman–Crippen MR) is 57.4 cm³/mol. The van der Waals surface area contributed by atoms with Crippen molar-refractivity contribution in [2.24, 2.45) is 5.92 Å². The van der Waals surface area contributed by atoms with Gasteiger partial charge in [0.05, 0.1) is 5.52 Å². The first-order chi connectivity index (χ1) is 6.81. The van der Waals surface area contributed by atoms with Gasteiger partial charge in [0, 0.05) is 12.4 Å². The summed E-state index contributed by atoms with van der Waals surface area (Å²) in [6.07, 6.45) is 0. The molecule has 2 rings (SSSR count). The van der Waals surface area contributed by atoms with Gasteiger partial charge in [0.15, 0.2) is 0 Å². The number of halogens is 1. The molecule has 74 valence electrons. The minimum absolute atomic E-state index is 0.418. The number of hydrogen-bond acceptors (Lipinski definition) is 2. The summed E-state index contributed by atoms with van der Waals surface area (Å²) in [6, 6.07) is 7.94. The highest BCUT2D eigenvalue weighted by Gasteiger charge is 2.06. The molecule has 1 aromatic heterocycles. The van der Waals surface area contributed by atoms with Crippen LogP contribution in [0, 0.1) is 5.92 Å². The molecule has 0 saturated carbocycles. The monoisotopic (exact) mass is 209 g/mol. The van der Waals surface area contributed by atoms with Crippen LogP contribution in [-0.4, -0.2) is 20.9 Å². The number of alkyl halides is 1. The van der Waals surface area contributed by atoms with Crippen molar-refractivity contribution in [1.82, 2.24) is 15.0 Å². The lowest BCUT2D eigenvalue weighted by molar-refractivity contribution is 0.487. The van der Waals surface area contributed by atoms with Crippen LogP contribution in [0.2, 0.25) is 0 Å². The van der Waals surface area contributed by atoms with E-state index in [4.69, 9.17) is 11.6 Å². The smallest absolute Gasteiger partial charge is 0.113 e. The van der Waals surface area contributed by atoms with Crippen LogP contribution >= 0.6 is 11.6 Å². The number of hydrogen-bond donors (Lipinski definition) is 0. The normalized spacial score (nSPS) is 13.3. The van der Waals surface area contributed by atoms with E-state index in [1.54, 1.807) is 0 Å². The summed E-state index contributed by atoms with van der Waals surface area (Å²) in [5.41, 5.74) is 2.01. The lowest BCUT2D eigenvalue weighted by Gasteiger charge is -2.06. The Morgan fingerprint density at radius 3 is 3.00 bits per heavy atom. The topological polar surface area (TPSA) is 30.7 Å². The van der Waals surface area contributed by atoms with Crippen molar-refractivity contribution in [3.05, 3.63) is 24.3 Å². The first kappa shape index (κ1) is 9.46. The van der Waals surface area contributed by atoms with Gasteiger partial charge in [0.1, 0.15) is 5.52 Å². The van der Waals surface area contributed by atoms with Crippen LogP contribution < -0.4 is 0 Å². The Morgan fingerprint density at radius 2 is 2.21 bits per heavy atom. The van der Waals surface area contributed by atoms with E-state index >= 15 is 0 Å². The van der Waals surface area contributed by atoms with Gasteiger partial charge in [0.2, 0.25) is 0 Å². The molecule has 1 heterocycles. The van der Waals surface area contributed by atoms with Crippen LogP contribution in [0.15, 0.2) is 24.3 Å². The SMILES string of the molecule is CC(CCl)Cn1nnc2ccccc21. The Bertz CT molecular complexity index is 424. The summed E-state index contributed by atoms with van der Waals surface area (Å²) in [4.78, 5) is 0. The Balaban J connectivity index is 2.33. The van der Waals surface area contributed by atoms with Crippen molar-refractivity contribution in [2.45, 2.75) is 13.5 Å². The minimum Gasteiger partial charge on any atom is -0.244 e. The van der Waals surface area contributed by atoms with E-state index in [2.05, 4.69) is 17.2 Å². The summed E-state index contributed by atoms with van der Waals surface area (Å²) in [6.45, 7) is 2.92. The van der Waals surface area contributed by atoms with Gasteiger partial charge >= 0.3 is 0 Å². The van der Waals surface area contributed by atoms with E-state index in [1.165, 1.54) is 0 Å². The second kappa shape index (κ2) is 3.96. The summed E-state index contributed by atoms with van der Waals surface area (Å²) in [7, 11) is 0. The quantitative estimate of drug-likeness (QED) is 0.727. The molecule has 0 radical (unpaired) electrons. The third-order valence-corrected chi connectivity index (χ3v) is 2.70. The van der Waals surface area contributed by atoms with E-state index in [0.29, 0.717) is 11.8 Å². The fourth-order valence-corrected chi connectivity index (χ4v) is 1.49. The largest absolute Gasteiger partial charge is 0.244 e. The zero-order valence-corrected chi connectivity index (χ0v) is 8.78. The molecule has 0 bridgehead atoms. The number of benzene rings is 1. The average Bonchev–Trinajstić information content (AvgIpc) is 2.62. The molecular formula is C10H12ClN3. The number of nitrogens with zero attached hydrogens (tertiary/aromatic N) is 3. The molecule has 0 aliphatic carbocycles. The van der Waals surface area contributed by atoms with Crippen LogP contribution in [0.4, 0.5) is 0 Å². The molecule has 0 aliphatic heterocycles. The molecule has 4 heteroatoms. The van der Waals surface area contributed by atoms with Gasteiger partial charge in [-0.3, -0.25) is 0 Å². The van der Waals surface area contributed by atoms with E-state index in [1.807, 2.05) is 28.9 Å². The molecule has 1 atom stereocenters. The molecule has 0 amide bonds. The van der Waals surface area contributed by atoms with Gasteiger partial charge in [-0.15, -0.1) is 16.7 Å². The molecule has 3 nitrogen and oxygen atoms in total. The summed E-state index contributed by atoms with van der Waals surface area (Å²) in [5, 5.41) is 8.17. The highest BCUT2D eigenvalue weighted by molar-refractivity contribution is 6.18. The van der Waals surface area contributed by atoms with E-state index < -0.39 is 0 Å². The standard InChI is InChI=1S/C10H12ClN3/c1-8(6-11)7-14-10-5-3-2-4-9(10)12-13-14/h2-5,8H,6-7H2,1H3. The highest BCUT2D eigenvalue weighted by Crippen LogP contribution is 2.12. The zero-order valence-electron chi connectivity index (χ0n) is 8.02. The van der Waals surface area contributed by atoms with Crippen LogP contribution in [0.3, 0.4) is 0 Å². The Kier molecular flexibility index (Phi) is 2.68. The second-order valence-electron chi connectivity index (χ2n) is 3.52. The van der Waals surface area contributed by atoms with Crippen molar-refractivity contribution in [2.75, 3.05) is 5.88 Å². The third kappa shape index (κ3) is 1.73. The summed E-state index contributed by atoms with van der Waals surface area (Å²) in [5.74, 6) is 1.07. The fraction of sp³-hybridized carbons (Fsp3) is 0.400. The Morgan fingerprint density at radius 1 is 1.43 bits per heavy atom. The number of fused-ring (bicyclic) bond motifs is 1. The number of aromatic nitrogens is 3. The molecule has 0 aliphatic rings. The Labute approximate surface area is 87.7 Å². The van der Waals surface area contributed by atoms with Crippen molar-refractivity contribution in [3.63, 3.8) is 0 Å². The van der Waals surface area contributed by atoms with Gasteiger partial charge < -0.3 is 0 Å². The first-order valence-electron chi connectivity index (χ1n) is 4.65. The molecule has 1 aromatic carbocycles. The number of rotatable bonds is 3. The van der Waals surface area contributed by atoms with Crippen molar-refractivity contribution >= 4 is 22.6 Å².